The number of carbonyl (C=O) groups is 1. The second kappa shape index (κ2) is 6.04. The third kappa shape index (κ3) is 2.55. The Bertz CT molecular complexity index is 920. The number of hydrogen-bond donors (Lipinski definition) is 1. The van der Waals surface area contributed by atoms with Gasteiger partial charge in [-0.05, 0) is 23.8 Å². The first-order chi connectivity index (χ1) is 12.2. The number of para-hydroxylation sites is 1. The lowest BCUT2D eigenvalue weighted by atomic mass is 10.00. The summed E-state index contributed by atoms with van der Waals surface area (Å²) in [5.41, 5.74) is 1.07. The number of rotatable bonds is 3. The molecular formula is C22H17NO2. The summed E-state index contributed by atoms with van der Waals surface area (Å²) in [4.78, 5) is 14.6. The Morgan fingerprint density at radius 1 is 0.720 bits per heavy atom. The minimum absolute atomic E-state index is 0.219. The van der Waals surface area contributed by atoms with Crippen LogP contribution in [0.1, 0.15) is 11.1 Å². The SMILES string of the molecule is O=C1C(c2ccccc2)=CC(O)(c2ccccc2)N1c1ccccc1. The average molecular weight is 327 g/mol. The van der Waals surface area contributed by atoms with Crippen LogP contribution in [0, 0.1) is 0 Å². The average Bonchev–Trinajstić information content (AvgIpc) is 2.96. The highest BCUT2D eigenvalue weighted by Gasteiger charge is 2.46. The van der Waals surface area contributed by atoms with Crippen LogP contribution >= 0.6 is 0 Å². The van der Waals surface area contributed by atoms with Crippen LogP contribution in [0.15, 0.2) is 97.1 Å². The molecule has 1 unspecified atom stereocenters. The van der Waals surface area contributed by atoms with Gasteiger partial charge in [0.1, 0.15) is 0 Å². The van der Waals surface area contributed by atoms with Crippen molar-refractivity contribution in [3.05, 3.63) is 108 Å². The Morgan fingerprint density at radius 2 is 1.24 bits per heavy atom. The van der Waals surface area contributed by atoms with Gasteiger partial charge in [-0.3, -0.25) is 9.69 Å². The Hall–Kier alpha value is -3.17. The van der Waals surface area contributed by atoms with E-state index >= 15 is 0 Å². The van der Waals surface area contributed by atoms with E-state index in [2.05, 4.69) is 0 Å². The predicted octanol–water partition coefficient (Wildman–Crippen LogP) is 3.96. The van der Waals surface area contributed by atoms with E-state index < -0.39 is 5.72 Å². The van der Waals surface area contributed by atoms with Crippen LogP contribution in [-0.4, -0.2) is 11.0 Å². The number of aliphatic hydroxyl groups is 1. The van der Waals surface area contributed by atoms with E-state index in [4.69, 9.17) is 0 Å². The summed E-state index contributed by atoms with van der Waals surface area (Å²) in [5, 5.41) is 11.5. The first kappa shape index (κ1) is 15.4. The van der Waals surface area contributed by atoms with Crippen molar-refractivity contribution >= 4 is 17.2 Å². The maximum absolute atomic E-state index is 13.2. The van der Waals surface area contributed by atoms with Gasteiger partial charge < -0.3 is 5.11 Å². The van der Waals surface area contributed by atoms with Gasteiger partial charge in [0.15, 0.2) is 5.72 Å². The molecule has 0 bridgehead atoms. The fourth-order valence-electron chi connectivity index (χ4n) is 3.21. The molecule has 1 N–H and O–H groups in total. The van der Waals surface area contributed by atoms with E-state index in [1.807, 2.05) is 91.0 Å². The molecule has 4 rings (SSSR count). The Balaban J connectivity index is 1.90. The van der Waals surface area contributed by atoms with E-state index in [1.54, 1.807) is 6.08 Å². The van der Waals surface area contributed by atoms with Crippen LogP contribution in [0.25, 0.3) is 5.57 Å². The molecule has 0 saturated carbocycles. The quantitative estimate of drug-likeness (QED) is 0.791. The lowest BCUT2D eigenvalue weighted by Crippen LogP contribution is -2.44. The summed E-state index contributed by atoms with van der Waals surface area (Å²) >= 11 is 0. The molecule has 0 spiro atoms. The van der Waals surface area contributed by atoms with Crippen molar-refractivity contribution < 1.29 is 9.90 Å². The molecule has 0 aromatic heterocycles. The van der Waals surface area contributed by atoms with Gasteiger partial charge in [-0.15, -0.1) is 0 Å². The molecule has 3 heteroatoms. The van der Waals surface area contributed by atoms with Gasteiger partial charge in [-0.25, -0.2) is 0 Å². The molecule has 3 aromatic carbocycles. The van der Waals surface area contributed by atoms with E-state index in [1.165, 1.54) is 4.90 Å². The zero-order valence-electron chi connectivity index (χ0n) is 13.5. The van der Waals surface area contributed by atoms with Crippen LogP contribution in [0.2, 0.25) is 0 Å². The van der Waals surface area contributed by atoms with Crippen molar-refractivity contribution in [1.82, 2.24) is 0 Å². The second-order valence-corrected chi connectivity index (χ2v) is 5.99. The van der Waals surface area contributed by atoms with Crippen LogP contribution < -0.4 is 4.90 Å². The number of anilines is 1. The molecule has 3 aromatic rings. The number of nitrogens with zero attached hydrogens (tertiary/aromatic N) is 1. The predicted molar refractivity (Wildman–Crippen MR) is 98.7 cm³/mol. The molecule has 0 fully saturated rings. The van der Waals surface area contributed by atoms with Crippen molar-refractivity contribution in [2.75, 3.05) is 4.90 Å². The summed E-state index contributed by atoms with van der Waals surface area (Å²) in [7, 11) is 0. The normalized spacial score (nSPS) is 19.8. The standard InChI is InChI=1S/C22H17NO2/c24-21-20(17-10-4-1-5-11-17)16-22(25,18-12-6-2-7-13-18)23(21)19-14-8-3-9-15-19/h1-16,25H. The molecule has 1 aliphatic rings. The van der Waals surface area contributed by atoms with Gasteiger partial charge in [0, 0.05) is 16.8 Å². The summed E-state index contributed by atoms with van der Waals surface area (Å²) < 4.78 is 0. The molecule has 1 heterocycles. The van der Waals surface area contributed by atoms with Gasteiger partial charge in [0.05, 0.1) is 0 Å². The fraction of sp³-hybridized carbons (Fsp3) is 0.0455. The topological polar surface area (TPSA) is 40.5 Å². The summed E-state index contributed by atoms with van der Waals surface area (Å²) in [5.74, 6) is -0.219. The van der Waals surface area contributed by atoms with Crippen molar-refractivity contribution in [2.45, 2.75) is 5.72 Å². The largest absolute Gasteiger partial charge is 0.363 e. The summed E-state index contributed by atoms with van der Waals surface area (Å²) in [6, 6.07) is 27.9. The Kier molecular flexibility index (Phi) is 3.71. The Morgan fingerprint density at radius 3 is 1.84 bits per heavy atom. The van der Waals surface area contributed by atoms with E-state index in [0.717, 1.165) is 5.56 Å². The lowest BCUT2D eigenvalue weighted by molar-refractivity contribution is -0.115. The van der Waals surface area contributed by atoms with Crippen molar-refractivity contribution in [3.8, 4) is 0 Å². The van der Waals surface area contributed by atoms with Gasteiger partial charge in [0.2, 0.25) is 0 Å². The molecular weight excluding hydrogens is 310 g/mol. The summed E-state index contributed by atoms with van der Waals surface area (Å²) in [6.45, 7) is 0. The molecule has 0 radical (unpaired) electrons. The van der Waals surface area contributed by atoms with Crippen molar-refractivity contribution in [2.24, 2.45) is 0 Å². The van der Waals surface area contributed by atoms with E-state index in [-0.39, 0.29) is 5.91 Å². The first-order valence-corrected chi connectivity index (χ1v) is 8.16. The minimum atomic E-state index is -1.52. The number of benzene rings is 3. The molecule has 1 atom stereocenters. The smallest absolute Gasteiger partial charge is 0.261 e. The monoisotopic (exact) mass is 327 g/mol. The highest BCUT2D eigenvalue weighted by Crippen LogP contribution is 2.41. The highest BCUT2D eigenvalue weighted by atomic mass is 16.3. The van der Waals surface area contributed by atoms with Gasteiger partial charge in [0.25, 0.3) is 5.91 Å². The molecule has 122 valence electrons. The minimum Gasteiger partial charge on any atom is -0.363 e. The lowest BCUT2D eigenvalue weighted by Gasteiger charge is -2.33. The number of hydrogen-bond acceptors (Lipinski definition) is 2. The van der Waals surface area contributed by atoms with Gasteiger partial charge in [-0.1, -0.05) is 78.9 Å². The van der Waals surface area contributed by atoms with Gasteiger partial charge >= 0.3 is 0 Å². The first-order valence-electron chi connectivity index (χ1n) is 8.16. The third-order valence-corrected chi connectivity index (χ3v) is 4.42. The number of carbonyl (C=O) groups excluding carboxylic acids is 1. The molecule has 25 heavy (non-hydrogen) atoms. The van der Waals surface area contributed by atoms with Crippen LogP contribution in [0.3, 0.4) is 0 Å². The molecule has 3 nitrogen and oxygen atoms in total. The van der Waals surface area contributed by atoms with Crippen molar-refractivity contribution in [3.63, 3.8) is 0 Å². The van der Waals surface area contributed by atoms with E-state index in [9.17, 15) is 9.90 Å². The Labute approximate surface area is 146 Å². The molecule has 1 amide bonds. The maximum atomic E-state index is 13.2. The maximum Gasteiger partial charge on any atom is 0.261 e. The molecule has 1 aliphatic heterocycles. The zero-order valence-corrected chi connectivity index (χ0v) is 13.5. The van der Waals surface area contributed by atoms with Crippen LogP contribution in [-0.2, 0) is 10.5 Å². The highest BCUT2D eigenvalue weighted by molar-refractivity contribution is 6.29. The fourth-order valence-corrected chi connectivity index (χ4v) is 3.21. The number of amides is 1. The molecule has 0 aliphatic carbocycles. The van der Waals surface area contributed by atoms with Crippen LogP contribution in [0.5, 0.6) is 0 Å². The van der Waals surface area contributed by atoms with Crippen LogP contribution in [0.4, 0.5) is 5.69 Å². The van der Waals surface area contributed by atoms with Gasteiger partial charge in [-0.2, -0.15) is 0 Å². The van der Waals surface area contributed by atoms with Crippen molar-refractivity contribution in [1.29, 1.82) is 0 Å². The zero-order chi connectivity index (χ0) is 17.3. The summed E-state index contributed by atoms with van der Waals surface area (Å²) in [6.07, 6.45) is 1.65. The second-order valence-electron chi connectivity index (χ2n) is 5.99. The molecule has 0 saturated heterocycles. The van der Waals surface area contributed by atoms with E-state index in [0.29, 0.717) is 16.8 Å². The third-order valence-electron chi connectivity index (χ3n) is 4.42.